The molecule has 0 unspecified atom stereocenters. The molecule has 1 aromatic carbocycles. The molecule has 0 radical (unpaired) electrons. The van der Waals surface area contributed by atoms with Crippen molar-refractivity contribution in [2.75, 3.05) is 0 Å². The molecular formula is C15H19F2NO2. The number of hydrogen-bond donors (Lipinski definition) is 1. The van der Waals surface area contributed by atoms with Gasteiger partial charge in [0, 0.05) is 11.6 Å². The summed E-state index contributed by atoms with van der Waals surface area (Å²) in [5.41, 5.74) is 0.348. The van der Waals surface area contributed by atoms with E-state index in [1.165, 1.54) is 24.6 Å². The maximum atomic E-state index is 12.2. The van der Waals surface area contributed by atoms with Crippen molar-refractivity contribution in [3.05, 3.63) is 29.8 Å². The summed E-state index contributed by atoms with van der Waals surface area (Å²) in [5.74, 6) is 0.223. The maximum Gasteiger partial charge on any atom is 0.387 e. The molecule has 3 nitrogen and oxygen atoms in total. The lowest BCUT2D eigenvalue weighted by atomic mass is 9.86. The van der Waals surface area contributed by atoms with Gasteiger partial charge >= 0.3 is 6.61 Å². The van der Waals surface area contributed by atoms with E-state index in [-0.39, 0.29) is 17.7 Å². The fraction of sp³-hybridized carbons (Fsp3) is 0.533. The molecule has 1 N–H and O–H groups in total. The number of benzene rings is 1. The van der Waals surface area contributed by atoms with Crippen molar-refractivity contribution < 1.29 is 18.3 Å². The first-order valence-electron chi connectivity index (χ1n) is 6.92. The van der Waals surface area contributed by atoms with Gasteiger partial charge in [-0.2, -0.15) is 8.78 Å². The van der Waals surface area contributed by atoms with Crippen LogP contribution in [0.2, 0.25) is 0 Å². The van der Waals surface area contributed by atoms with Gasteiger partial charge in [-0.15, -0.1) is 0 Å². The SMILES string of the molecule is C[C@H]1CCCC[C@@H]1NC(=O)c1cccc(OC(F)F)c1. The molecule has 1 aliphatic rings. The van der Waals surface area contributed by atoms with Crippen LogP contribution in [0.4, 0.5) is 8.78 Å². The summed E-state index contributed by atoms with van der Waals surface area (Å²) >= 11 is 0. The van der Waals surface area contributed by atoms with Crippen molar-refractivity contribution in [3.8, 4) is 5.75 Å². The molecule has 0 bridgehead atoms. The molecule has 0 spiro atoms. The van der Waals surface area contributed by atoms with E-state index in [2.05, 4.69) is 17.0 Å². The van der Waals surface area contributed by atoms with Crippen LogP contribution in [0.1, 0.15) is 43.0 Å². The Hall–Kier alpha value is -1.65. The van der Waals surface area contributed by atoms with E-state index in [0.717, 1.165) is 19.3 Å². The van der Waals surface area contributed by atoms with Gasteiger partial charge in [0.05, 0.1) is 0 Å². The number of rotatable bonds is 4. The molecule has 1 aliphatic carbocycles. The third kappa shape index (κ3) is 3.92. The normalized spacial score (nSPS) is 22.6. The van der Waals surface area contributed by atoms with Crippen LogP contribution in [0, 0.1) is 5.92 Å². The van der Waals surface area contributed by atoms with Gasteiger partial charge in [0.25, 0.3) is 5.91 Å². The summed E-state index contributed by atoms with van der Waals surface area (Å²) < 4.78 is 28.6. The Morgan fingerprint density at radius 2 is 2.10 bits per heavy atom. The lowest BCUT2D eigenvalue weighted by molar-refractivity contribution is -0.0498. The number of nitrogens with one attached hydrogen (secondary N) is 1. The largest absolute Gasteiger partial charge is 0.435 e. The van der Waals surface area contributed by atoms with Crippen molar-refractivity contribution in [3.63, 3.8) is 0 Å². The summed E-state index contributed by atoms with van der Waals surface area (Å²) in [6, 6.07) is 6.05. The Morgan fingerprint density at radius 3 is 2.80 bits per heavy atom. The number of carbonyl (C=O) groups is 1. The quantitative estimate of drug-likeness (QED) is 0.917. The first-order chi connectivity index (χ1) is 9.56. The number of alkyl halides is 2. The number of halogens is 2. The first-order valence-corrected chi connectivity index (χ1v) is 6.92. The molecule has 1 fully saturated rings. The topological polar surface area (TPSA) is 38.3 Å². The number of amides is 1. The zero-order valence-corrected chi connectivity index (χ0v) is 11.4. The van der Waals surface area contributed by atoms with E-state index in [4.69, 9.17) is 0 Å². The van der Waals surface area contributed by atoms with Gasteiger partial charge in [-0.05, 0) is 37.0 Å². The van der Waals surface area contributed by atoms with Gasteiger partial charge in [0.2, 0.25) is 0 Å². The van der Waals surface area contributed by atoms with Crippen LogP contribution in [0.5, 0.6) is 5.75 Å². The highest BCUT2D eigenvalue weighted by Gasteiger charge is 2.23. The fourth-order valence-electron chi connectivity index (χ4n) is 2.60. The van der Waals surface area contributed by atoms with Crippen LogP contribution in [0.25, 0.3) is 0 Å². The third-order valence-corrected chi connectivity index (χ3v) is 3.75. The van der Waals surface area contributed by atoms with Gasteiger partial charge in [-0.25, -0.2) is 0 Å². The average Bonchev–Trinajstić information content (AvgIpc) is 2.41. The van der Waals surface area contributed by atoms with Crippen LogP contribution in [-0.2, 0) is 0 Å². The third-order valence-electron chi connectivity index (χ3n) is 3.75. The van der Waals surface area contributed by atoms with Gasteiger partial charge in [0.1, 0.15) is 5.75 Å². The van der Waals surface area contributed by atoms with Crippen molar-refractivity contribution in [2.24, 2.45) is 5.92 Å². The predicted octanol–water partition coefficient (Wildman–Crippen LogP) is 3.60. The molecule has 1 saturated carbocycles. The Labute approximate surface area is 117 Å². The van der Waals surface area contributed by atoms with Crippen LogP contribution in [0.15, 0.2) is 24.3 Å². The number of ether oxygens (including phenoxy) is 1. The zero-order valence-electron chi connectivity index (χ0n) is 11.4. The number of carbonyl (C=O) groups excluding carboxylic acids is 1. The smallest absolute Gasteiger partial charge is 0.387 e. The van der Waals surface area contributed by atoms with Crippen molar-refractivity contribution in [1.29, 1.82) is 0 Å². The standard InChI is InChI=1S/C15H19F2NO2/c1-10-5-2-3-8-13(10)18-14(19)11-6-4-7-12(9-11)20-15(16)17/h4,6-7,9-10,13,15H,2-3,5,8H2,1H3,(H,18,19)/t10-,13-/m0/s1. The molecular weight excluding hydrogens is 264 g/mol. The Balaban J connectivity index is 2.01. The van der Waals surface area contributed by atoms with Crippen LogP contribution in [-0.4, -0.2) is 18.6 Å². The van der Waals surface area contributed by atoms with E-state index >= 15 is 0 Å². The predicted molar refractivity (Wildman–Crippen MR) is 72.0 cm³/mol. The fourth-order valence-corrected chi connectivity index (χ4v) is 2.60. The van der Waals surface area contributed by atoms with Crippen molar-refractivity contribution >= 4 is 5.91 Å². The van der Waals surface area contributed by atoms with Crippen LogP contribution < -0.4 is 10.1 Å². The second-order valence-electron chi connectivity index (χ2n) is 5.25. The van der Waals surface area contributed by atoms with E-state index in [0.29, 0.717) is 11.5 Å². The van der Waals surface area contributed by atoms with Crippen LogP contribution in [0.3, 0.4) is 0 Å². The Morgan fingerprint density at radius 1 is 1.35 bits per heavy atom. The first kappa shape index (κ1) is 14.8. The summed E-state index contributed by atoms with van der Waals surface area (Å²) in [6.45, 7) is -0.757. The molecule has 110 valence electrons. The second kappa shape index (κ2) is 6.68. The average molecular weight is 283 g/mol. The molecule has 0 aliphatic heterocycles. The minimum Gasteiger partial charge on any atom is -0.435 e. The molecule has 2 rings (SSSR count). The molecule has 1 amide bonds. The van der Waals surface area contributed by atoms with E-state index < -0.39 is 6.61 Å². The molecule has 0 heterocycles. The summed E-state index contributed by atoms with van der Waals surface area (Å²) in [6.07, 6.45) is 4.40. The summed E-state index contributed by atoms with van der Waals surface area (Å²) in [4.78, 5) is 12.1. The molecule has 1 aromatic rings. The molecule has 0 aromatic heterocycles. The van der Waals surface area contributed by atoms with E-state index in [9.17, 15) is 13.6 Å². The summed E-state index contributed by atoms with van der Waals surface area (Å²) in [5, 5.41) is 2.98. The van der Waals surface area contributed by atoms with E-state index in [1.54, 1.807) is 6.07 Å². The van der Waals surface area contributed by atoms with Gasteiger partial charge in [-0.3, -0.25) is 4.79 Å². The van der Waals surface area contributed by atoms with Crippen molar-refractivity contribution in [2.45, 2.75) is 45.3 Å². The Kier molecular flexibility index (Phi) is 4.93. The minimum absolute atomic E-state index is 0.00402. The van der Waals surface area contributed by atoms with Crippen LogP contribution >= 0.6 is 0 Å². The highest BCUT2D eigenvalue weighted by atomic mass is 19.3. The molecule has 5 heteroatoms. The lowest BCUT2D eigenvalue weighted by Crippen LogP contribution is -2.41. The van der Waals surface area contributed by atoms with Gasteiger partial charge in [-0.1, -0.05) is 25.8 Å². The van der Waals surface area contributed by atoms with Gasteiger partial charge < -0.3 is 10.1 Å². The maximum absolute atomic E-state index is 12.2. The highest BCUT2D eigenvalue weighted by molar-refractivity contribution is 5.94. The molecule has 2 atom stereocenters. The monoisotopic (exact) mass is 283 g/mol. The van der Waals surface area contributed by atoms with E-state index in [1.807, 2.05) is 0 Å². The van der Waals surface area contributed by atoms with Gasteiger partial charge in [0.15, 0.2) is 0 Å². The molecule has 20 heavy (non-hydrogen) atoms. The zero-order chi connectivity index (χ0) is 14.5. The highest BCUT2D eigenvalue weighted by Crippen LogP contribution is 2.24. The molecule has 0 saturated heterocycles. The van der Waals surface area contributed by atoms with Crippen molar-refractivity contribution in [1.82, 2.24) is 5.32 Å². The Bertz CT molecular complexity index is 465. The minimum atomic E-state index is -2.88. The summed E-state index contributed by atoms with van der Waals surface area (Å²) in [7, 11) is 0. The second-order valence-corrected chi connectivity index (χ2v) is 5.25. The number of hydrogen-bond acceptors (Lipinski definition) is 2. The lowest BCUT2D eigenvalue weighted by Gasteiger charge is -2.29.